The highest BCUT2D eigenvalue weighted by molar-refractivity contribution is 5.93. The number of benzene rings is 1. The molecule has 3 heterocycles. The van der Waals surface area contributed by atoms with Crippen LogP contribution in [0, 0.1) is 11.7 Å². The lowest BCUT2D eigenvalue weighted by atomic mass is 9.91. The number of pyridine rings is 1. The second-order valence-corrected chi connectivity index (χ2v) is 7.91. The topological polar surface area (TPSA) is 112 Å². The number of hydrogen-bond donors (Lipinski definition) is 3. The summed E-state index contributed by atoms with van der Waals surface area (Å²) in [7, 11) is 0. The number of aliphatic carboxylic acids is 1. The number of aromatic carboxylic acids is 1. The molecule has 2 fully saturated rings. The van der Waals surface area contributed by atoms with Gasteiger partial charge in [-0.15, -0.1) is 0 Å². The van der Waals surface area contributed by atoms with E-state index in [0.29, 0.717) is 23.7 Å². The molecule has 4 rings (SSSR count). The van der Waals surface area contributed by atoms with E-state index in [1.54, 1.807) is 10.6 Å². The van der Waals surface area contributed by atoms with Gasteiger partial charge in [-0.1, -0.05) is 0 Å². The van der Waals surface area contributed by atoms with Crippen molar-refractivity contribution in [3.8, 4) is 0 Å². The molecule has 8 nitrogen and oxygen atoms in total. The van der Waals surface area contributed by atoms with Crippen LogP contribution in [0.3, 0.4) is 0 Å². The Labute approximate surface area is 185 Å². The lowest BCUT2D eigenvalue weighted by molar-refractivity contribution is -0.192. The molecule has 2 aliphatic rings. The molecule has 0 radical (unpaired) electrons. The van der Waals surface area contributed by atoms with Crippen molar-refractivity contribution in [1.29, 1.82) is 0 Å². The van der Waals surface area contributed by atoms with E-state index in [9.17, 15) is 32.3 Å². The van der Waals surface area contributed by atoms with Gasteiger partial charge in [0.2, 0.25) is 5.43 Å². The van der Waals surface area contributed by atoms with Crippen molar-refractivity contribution < 1.29 is 37.4 Å². The van der Waals surface area contributed by atoms with E-state index in [1.807, 2.05) is 6.92 Å². The maximum Gasteiger partial charge on any atom is 0.490 e. The SMILES string of the molecule is CCn1cc(C(=O)O)c(=O)c2cc(F)c(N3CCCC4CNCC43)cc21.O=C(O)C(F)(F)F. The summed E-state index contributed by atoms with van der Waals surface area (Å²) in [5.41, 5.74) is 0.110. The number of aromatic nitrogens is 1. The molecule has 2 saturated heterocycles. The van der Waals surface area contributed by atoms with Gasteiger partial charge in [0.15, 0.2) is 0 Å². The van der Waals surface area contributed by atoms with Gasteiger partial charge in [0.05, 0.1) is 11.2 Å². The summed E-state index contributed by atoms with van der Waals surface area (Å²) >= 11 is 0. The van der Waals surface area contributed by atoms with Gasteiger partial charge in [0, 0.05) is 43.8 Å². The average Bonchev–Trinajstić information content (AvgIpc) is 3.22. The third-order valence-electron chi connectivity index (χ3n) is 5.95. The van der Waals surface area contributed by atoms with Crippen LogP contribution in [0.25, 0.3) is 10.9 Å². The Balaban J connectivity index is 0.000000383. The predicted molar refractivity (Wildman–Crippen MR) is 111 cm³/mol. The zero-order chi connectivity index (χ0) is 24.5. The van der Waals surface area contributed by atoms with Crippen LogP contribution in [0.2, 0.25) is 0 Å². The molecule has 0 spiro atoms. The van der Waals surface area contributed by atoms with Crippen molar-refractivity contribution in [2.24, 2.45) is 5.92 Å². The van der Waals surface area contributed by atoms with E-state index in [0.717, 1.165) is 32.5 Å². The number of aryl methyl sites for hydroxylation is 1. The smallest absolute Gasteiger partial charge is 0.477 e. The van der Waals surface area contributed by atoms with Crippen LogP contribution in [-0.2, 0) is 11.3 Å². The van der Waals surface area contributed by atoms with Crippen LogP contribution in [-0.4, -0.2) is 58.6 Å². The first-order chi connectivity index (χ1) is 15.5. The quantitative estimate of drug-likeness (QED) is 0.588. The first-order valence-corrected chi connectivity index (χ1v) is 10.3. The number of hydrogen-bond acceptors (Lipinski definition) is 5. The van der Waals surface area contributed by atoms with E-state index < -0.39 is 29.4 Å². The summed E-state index contributed by atoms with van der Waals surface area (Å²) in [6, 6.07) is 3.18. The first-order valence-electron chi connectivity index (χ1n) is 10.3. The van der Waals surface area contributed by atoms with E-state index in [2.05, 4.69) is 10.2 Å². The minimum Gasteiger partial charge on any atom is -0.477 e. The van der Waals surface area contributed by atoms with E-state index in [-0.39, 0.29) is 17.0 Å². The van der Waals surface area contributed by atoms with E-state index in [1.165, 1.54) is 12.3 Å². The Kier molecular flexibility index (Phi) is 6.96. The zero-order valence-electron chi connectivity index (χ0n) is 17.7. The highest BCUT2D eigenvalue weighted by Crippen LogP contribution is 2.34. The maximum absolute atomic E-state index is 15.0. The van der Waals surface area contributed by atoms with Crippen molar-refractivity contribution >= 4 is 28.5 Å². The Bertz CT molecular complexity index is 1130. The van der Waals surface area contributed by atoms with Gasteiger partial charge in [-0.2, -0.15) is 13.2 Å². The Morgan fingerprint density at radius 1 is 1.21 bits per heavy atom. The minimum atomic E-state index is -5.08. The molecule has 2 unspecified atom stereocenters. The monoisotopic (exact) mass is 473 g/mol. The number of carboxylic acid groups (broad SMARTS) is 2. The molecule has 2 aromatic rings. The number of carbonyl (C=O) groups is 2. The molecule has 1 aromatic heterocycles. The Hall–Kier alpha value is -3.15. The molecule has 0 aliphatic carbocycles. The molecule has 180 valence electrons. The van der Waals surface area contributed by atoms with E-state index >= 15 is 0 Å². The van der Waals surface area contributed by atoms with Crippen LogP contribution in [0.15, 0.2) is 23.1 Å². The number of rotatable bonds is 3. The van der Waals surface area contributed by atoms with Gasteiger partial charge in [-0.3, -0.25) is 4.79 Å². The molecule has 0 saturated carbocycles. The molecule has 12 heteroatoms. The highest BCUT2D eigenvalue weighted by atomic mass is 19.4. The van der Waals surface area contributed by atoms with Gasteiger partial charge in [-0.25, -0.2) is 14.0 Å². The molecule has 2 aliphatic heterocycles. The van der Waals surface area contributed by atoms with Gasteiger partial charge in [0.25, 0.3) is 0 Å². The van der Waals surface area contributed by atoms with Gasteiger partial charge in [0.1, 0.15) is 11.4 Å². The lowest BCUT2D eigenvalue weighted by Crippen LogP contribution is -2.45. The van der Waals surface area contributed by atoms with Crippen molar-refractivity contribution in [2.75, 3.05) is 24.5 Å². The van der Waals surface area contributed by atoms with Crippen molar-refractivity contribution in [3.63, 3.8) is 0 Å². The molecular weight excluding hydrogens is 450 g/mol. The number of anilines is 1. The van der Waals surface area contributed by atoms with Crippen molar-refractivity contribution in [1.82, 2.24) is 9.88 Å². The number of nitrogens with zero attached hydrogens (tertiary/aromatic N) is 2. The molecule has 1 aromatic carbocycles. The Morgan fingerprint density at radius 3 is 2.45 bits per heavy atom. The minimum absolute atomic E-state index is 0.117. The van der Waals surface area contributed by atoms with Crippen LogP contribution in [0.4, 0.5) is 23.2 Å². The fourth-order valence-corrected chi connectivity index (χ4v) is 4.40. The predicted octanol–water partition coefficient (Wildman–Crippen LogP) is 2.68. The second-order valence-electron chi connectivity index (χ2n) is 7.91. The molecule has 0 amide bonds. The second kappa shape index (κ2) is 9.38. The van der Waals surface area contributed by atoms with Crippen LogP contribution >= 0.6 is 0 Å². The van der Waals surface area contributed by atoms with Gasteiger partial charge < -0.3 is 25.0 Å². The normalized spacial score (nSPS) is 20.2. The number of alkyl halides is 3. The first kappa shape index (κ1) is 24.5. The van der Waals surface area contributed by atoms with Crippen LogP contribution in [0.5, 0.6) is 0 Å². The lowest BCUT2D eigenvalue weighted by Gasteiger charge is -2.39. The molecular formula is C21H23F4N3O5. The van der Waals surface area contributed by atoms with Crippen LogP contribution in [0.1, 0.15) is 30.1 Å². The van der Waals surface area contributed by atoms with Crippen molar-refractivity contribution in [2.45, 2.75) is 38.5 Å². The standard InChI is InChI=1S/C19H22FN3O3.C2HF3O2/c1-2-22-10-13(19(25)26)18(24)12-6-14(20)16(7-15(12)22)23-5-3-4-11-8-21-9-17(11)23;3-2(4,5)1(6)7/h6-7,10-11,17,21H,2-5,8-9H2,1H3,(H,25,26);(H,6,7). The number of piperidine rings is 1. The highest BCUT2D eigenvalue weighted by Gasteiger charge is 2.38. The van der Waals surface area contributed by atoms with Crippen LogP contribution < -0.4 is 15.6 Å². The summed E-state index contributed by atoms with van der Waals surface area (Å²) in [6.45, 7) is 4.94. The summed E-state index contributed by atoms with van der Waals surface area (Å²) in [4.78, 5) is 34.8. The summed E-state index contributed by atoms with van der Waals surface area (Å²) in [5.74, 6) is -4.00. The fraction of sp³-hybridized carbons (Fsp3) is 0.476. The Morgan fingerprint density at radius 2 is 1.88 bits per heavy atom. The largest absolute Gasteiger partial charge is 0.490 e. The van der Waals surface area contributed by atoms with Gasteiger partial charge >= 0.3 is 18.1 Å². The third-order valence-corrected chi connectivity index (χ3v) is 5.95. The summed E-state index contributed by atoms with van der Waals surface area (Å²) < 4.78 is 48.4. The molecule has 0 bridgehead atoms. The molecule has 3 N–H and O–H groups in total. The number of fused-ring (bicyclic) bond motifs is 2. The molecule has 33 heavy (non-hydrogen) atoms. The average molecular weight is 473 g/mol. The van der Waals surface area contributed by atoms with Gasteiger partial charge in [-0.05, 0) is 37.8 Å². The maximum atomic E-state index is 15.0. The number of carboxylic acids is 2. The number of nitrogens with one attached hydrogen (secondary N) is 1. The molecule has 2 atom stereocenters. The number of halogens is 4. The fourth-order valence-electron chi connectivity index (χ4n) is 4.40. The third kappa shape index (κ3) is 4.95. The van der Waals surface area contributed by atoms with E-state index in [4.69, 9.17) is 9.90 Å². The zero-order valence-corrected chi connectivity index (χ0v) is 17.7. The van der Waals surface area contributed by atoms with Crippen molar-refractivity contribution in [3.05, 3.63) is 39.9 Å². The summed E-state index contributed by atoms with van der Waals surface area (Å²) in [6.07, 6.45) is -1.57. The summed E-state index contributed by atoms with van der Waals surface area (Å²) in [5, 5.41) is 19.9.